The van der Waals surface area contributed by atoms with Gasteiger partial charge in [0.2, 0.25) is 10.0 Å². The molecule has 0 fully saturated rings. The molecule has 0 unspecified atom stereocenters. The maximum atomic E-state index is 12.7. The average molecular weight is 304 g/mol. The van der Waals surface area contributed by atoms with E-state index in [1.807, 2.05) is 25.1 Å². The van der Waals surface area contributed by atoms with Crippen molar-refractivity contribution in [2.24, 2.45) is 0 Å². The van der Waals surface area contributed by atoms with Crippen LogP contribution in [-0.4, -0.2) is 19.3 Å². The smallest absolute Gasteiger partial charge is 0.243 e. The first kappa shape index (κ1) is 15.5. The van der Waals surface area contributed by atoms with E-state index in [1.54, 1.807) is 36.4 Å². The lowest BCUT2D eigenvalue weighted by Crippen LogP contribution is -2.31. The van der Waals surface area contributed by atoms with Crippen LogP contribution in [0.2, 0.25) is 0 Å². The minimum atomic E-state index is -3.50. The summed E-state index contributed by atoms with van der Waals surface area (Å²) >= 11 is 0. The summed E-state index contributed by atoms with van der Waals surface area (Å²) in [7, 11) is -3.50. The molecule has 21 heavy (non-hydrogen) atoms. The van der Waals surface area contributed by atoms with Crippen molar-refractivity contribution in [1.82, 2.24) is 4.31 Å². The average Bonchev–Trinajstić information content (AvgIpc) is 2.50. The summed E-state index contributed by atoms with van der Waals surface area (Å²) < 4.78 is 26.9. The fourth-order valence-corrected chi connectivity index (χ4v) is 3.67. The number of nitrogens with two attached hydrogens (primary N) is 1. The Balaban J connectivity index is 2.33. The third-order valence-electron chi connectivity index (χ3n) is 3.26. The van der Waals surface area contributed by atoms with Gasteiger partial charge in [-0.3, -0.25) is 0 Å². The maximum absolute atomic E-state index is 12.7. The third kappa shape index (κ3) is 3.62. The van der Waals surface area contributed by atoms with Crippen molar-refractivity contribution in [2.45, 2.75) is 24.8 Å². The lowest BCUT2D eigenvalue weighted by Gasteiger charge is -2.22. The number of nitrogen functional groups attached to an aromatic ring is 1. The number of hydrogen-bond acceptors (Lipinski definition) is 3. The monoisotopic (exact) mass is 304 g/mol. The van der Waals surface area contributed by atoms with Gasteiger partial charge in [-0.2, -0.15) is 4.31 Å². The Morgan fingerprint density at radius 3 is 2.24 bits per heavy atom. The summed E-state index contributed by atoms with van der Waals surface area (Å²) in [4.78, 5) is 0.313. The molecule has 2 aromatic rings. The minimum Gasteiger partial charge on any atom is -0.398 e. The van der Waals surface area contributed by atoms with Crippen LogP contribution in [0.3, 0.4) is 0 Å². The SMILES string of the molecule is CCCN(Cc1ccccc1N)S(=O)(=O)c1ccccc1. The number of rotatable bonds is 6. The predicted molar refractivity (Wildman–Crippen MR) is 85.2 cm³/mol. The molecule has 0 aromatic heterocycles. The van der Waals surface area contributed by atoms with Crippen LogP contribution < -0.4 is 5.73 Å². The van der Waals surface area contributed by atoms with Crippen LogP contribution in [0.25, 0.3) is 0 Å². The van der Waals surface area contributed by atoms with E-state index in [9.17, 15) is 8.42 Å². The van der Waals surface area contributed by atoms with Gasteiger partial charge in [-0.25, -0.2) is 8.42 Å². The zero-order valence-corrected chi connectivity index (χ0v) is 12.9. The molecule has 0 radical (unpaired) electrons. The molecule has 2 rings (SSSR count). The van der Waals surface area contributed by atoms with E-state index in [2.05, 4.69) is 0 Å². The highest BCUT2D eigenvalue weighted by molar-refractivity contribution is 7.89. The Morgan fingerprint density at radius 2 is 1.62 bits per heavy atom. The van der Waals surface area contributed by atoms with Gasteiger partial charge >= 0.3 is 0 Å². The van der Waals surface area contributed by atoms with E-state index in [4.69, 9.17) is 5.73 Å². The first-order valence-electron chi connectivity index (χ1n) is 6.94. The summed E-state index contributed by atoms with van der Waals surface area (Å²) in [6.45, 7) is 2.71. The molecule has 0 saturated heterocycles. The molecule has 0 amide bonds. The molecular weight excluding hydrogens is 284 g/mol. The molecule has 0 aliphatic carbocycles. The van der Waals surface area contributed by atoms with E-state index < -0.39 is 10.0 Å². The van der Waals surface area contributed by atoms with Gasteiger partial charge in [-0.1, -0.05) is 43.3 Å². The molecule has 112 valence electrons. The van der Waals surface area contributed by atoms with Crippen molar-refractivity contribution >= 4 is 15.7 Å². The van der Waals surface area contributed by atoms with Crippen LogP contribution in [-0.2, 0) is 16.6 Å². The Kier molecular flexibility index (Phi) is 4.98. The number of nitrogens with zero attached hydrogens (tertiary/aromatic N) is 1. The standard InChI is InChI=1S/C16H20N2O2S/c1-2-12-18(13-14-8-6-7-11-16(14)17)21(19,20)15-9-4-3-5-10-15/h3-11H,2,12-13,17H2,1H3. The molecule has 4 nitrogen and oxygen atoms in total. The number of sulfonamides is 1. The summed E-state index contributed by atoms with van der Waals surface area (Å²) in [5, 5.41) is 0. The van der Waals surface area contributed by atoms with Crippen molar-refractivity contribution in [2.75, 3.05) is 12.3 Å². The van der Waals surface area contributed by atoms with Crippen LogP contribution in [0.1, 0.15) is 18.9 Å². The highest BCUT2D eigenvalue weighted by Gasteiger charge is 2.24. The molecule has 5 heteroatoms. The van der Waals surface area contributed by atoms with E-state index in [0.717, 1.165) is 12.0 Å². The second-order valence-electron chi connectivity index (χ2n) is 4.85. The largest absolute Gasteiger partial charge is 0.398 e. The molecule has 2 N–H and O–H groups in total. The van der Waals surface area contributed by atoms with E-state index in [-0.39, 0.29) is 6.54 Å². The van der Waals surface area contributed by atoms with Gasteiger partial charge in [0.25, 0.3) is 0 Å². The number of para-hydroxylation sites is 1. The molecule has 0 atom stereocenters. The zero-order valence-electron chi connectivity index (χ0n) is 12.1. The maximum Gasteiger partial charge on any atom is 0.243 e. The van der Waals surface area contributed by atoms with Gasteiger partial charge < -0.3 is 5.73 Å². The van der Waals surface area contributed by atoms with Crippen molar-refractivity contribution < 1.29 is 8.42 Å². The van der Waals surface area contributed by atoms with Crippen molar-refractivity contribution in [3.05, 3.63) is 60.2 Å². The van der Waals surface area contributed by atoms with Gasteiger partial charge in [0.15, 0.2) is 0 Å². The fourth-order valence-electron chi connectivity index (χ4n) is 2.14. The minimum absolute atomic E-state index is 0.289. The summed E-state index contributed by atoms with van der Waals surface area (Å²) in [6, 6.07) is 15.9. The van der Waals surface area contributed by atoms with Crippen LogP contribution in [0, 0.1) is 0 Å². The summed E-state index contributed by atoms with van der Waals surface area (Å²) in [5.41, 5.74) is 7.36. The molecule has 0 spiro atoms. The van der Waals surface area contributed by atoms with Crippen molar-refractivity contribution in [1.29, 1.82) is 0 Å². The Labute approximate surface area is 126 Å². The third-order valence-corrected chi connectivity index (χ3v) is 5.12. The first-order valence-corrected chi connectivity index (χ1v) is 8.38. The quantitative estimate of drug-likeness (QED) is 0.835. The lowest BCUT2D eigenvalue weighted by molar-refractivity contribution is 0.406. The number of benzene rings is 2. The van der Waals surface area contributed by atoms with Crippen LogP contribution in [0.15, 0.2) is 59.5 Å². The van der Waals surface area contributed by atoms with Crippen molar-refractivity contribution in [3.63, 3.8) is 0 Å². The molecule has 2 aromatic carbocycles. The fraction of sp³-hybridized carbons (Fsp3) is 0.250. The van der Waals surface area contributed by atoms with Gasteiger partial charge in [-0.05, 0) is 30.2 Å². The van der Waals surface area contributed by atoms with Crippen LogP contribution in [0.4, 0.5) is 5.69 Å². The molecule has 0 heterocycles. The zero-order chi connectivity index (χ0) is 15.3. The first-order chi connectivity index (χ1) is 10.1. The van der Waals surface area contributed by atoms with Crippen LogP contribution in [0.5, 0.6) is 0 Å². The second kappa shape index (κ2) is 6.74. The Morgan fingerprint density at radius 1 is 1.00 bits per heavy atom. The topological polar surface area (TPSA) is 63.4 Å². The molecule has 0 bridgehead atoms. The van der Waals surface area contributed by atoms with E-state index in [1.165, 1.54) is 4.31 Å². The normalized spacial score (nSPS) is 11.7. The van der Waals surface area contributed by atoms with Gasteiger partial charge in [0.1, 0.15) is 0 Å². The molecule has 0 aliphatic rings. The highest BCUT2D eigenvalue weighted by atomic mass is 32.2. The highest BCUT2D eigenvalue weighted by Crippen LogP contribution is 2.21. The second-order valence-corrected chi connectivity index (χ2v) is 6.79. The lowest BCUT2D eigenvalue weighted by atomic mass is 10.2. The number of anilines is 1. The number of hydrogen-bond donors (Lipinski definition) is 1. The van der Waals surface area contributed by atoms with Crippen LogP contribution >= 0.6 is 0 Å². The summed E-state index contributed by atoms with van der Waals surface area (Å²) in [5.74, 6) is 0. The van der Waals surface area contributed by atoms with Gasteiger partial charge in [-0.15, -0.1) is 0 Å². The van der Waals surface area contributed by atoms with Gasteiger partial charge in [0, 0.05) is 18.8 Å². The van der Waals surface area contributed by atoms with Gasteiger partial charge in [0.05, 0.1) is 4.90 Å². The Hall–Kier alpha value is -1.85. The molecule has 0 saturated carbocycles. The molecular formula is C16H20N2O2S. The predicted octanol–water partition coefficient (Wildman–Crippen LogP) is 2.87. The molecule has 0 aliphatic heterocycles. The van der Waals surface area contributed by atoms with E-state index in [0.29, 0.717) is 17.1 Å². The summed E-state index contributed by atoms with van der Waals surface area (Å²) in [6.07, 6.45) is 0.749. The van der Waals surface area contributed by atoms with E-state index >= 15 is 0 Å². The van der Waals surface area contributed by atoms with Crippen molar-refractivity contribution in [3.8, 4) is 0 Å². The Bertz CT molecular complexity index is 684.